The first kappa shape index (κ1) is 19.8. The van der Waals surface area contributed by atoms with Crippen molar-refractivity contribution >= 4 is 17.1 Å². The molecule has 3 aromatic carbocycles. The van der Waals surface area contributed by atoms with Crippen molar-refractivity contribution < 1.29 is 14.6 Å². The smallest absolute Gasteiger partial charge is 0.318 e. The van der Waals surface area contributed by atoms with Crippen molar-refractivity contribution in [3.63, 3.8) is 0 Å². The highest BCUT2D eigenvalue weighted by Crippen LogP contribution is 2.35. The van der Waals surface area contributed by atoms with Crippen LogP contribution in [0.15, 0.2) is 60.7 Å². The first-order chi connectivity index (χ1) is 13.8. The minimum atomic E-state index is -0.696. The predicted molar refractivity (Wildman–Crippen MR) is 110 cm³/mol. The number of nitrogens with one attached hydrogen (secondary N) is 1. The molecule has 0 atom stereocenters. The quantitative estimate of drug-likeness (QED) is 0.418. The van der Waals surface area contributed by atoms with Gasteiger partial charge in [0.25, 0.3) is 5.69 Å². The minimum Gasteiger partial charge on any atom is -0.450 e. The molecular formula is C21H19N3O5. The van der Waals surface area contributed by atoms with Crippen LogP contribution in [0.3, 0.4) is 0 Å². The van der Waals surface area contributed by atoms with Gasteiger partial charge in [0.2, 0.25) is 5.75 Å². The molecule has 0 bridgehead atoms. The van der Waals surface area contributed by atoms with E-state index in [1.165, 1.54) is 17.7 Å². The third-order valence-electron chi connectivity index (χ3n) is 4.39. The van der Waals surface area contributed by atoms with Gasteiger partial charge in [0.15, 0.2) is 0 Å². The molecule has 8 nitrogen and oxygen atoms in total. The topological polar surface area (TPSA) is 108 Å². The van der Waals surface area contributed by atoms with E-state index in [9.17, 15) is 20.2 Å². The van der Waals surface area contributed by atoms with Crippen LogP contribution >= 0.6 is 0 Å². The van der Waals surface area contributed by atoms with Crippen molar-refractivity contribution in [2.45, 2.75) is 20.4 Å². The summed E-state index contributed by atoms with van der Waals surface area (Å²) < 4.78 is 5.77. The van der Waals surface area contributed by atoms with Gasteiger partial charge in [-0.25, -0.2) is 0 Å². The summed E-state index contributed by atoms with van der Waals surface area (Å²) in [5.74, 6) is 0.376. The molecule has 0 aliphatic heterocycles. The van der Waals surface area contributed by atoms with Crippen molar-refractivity contribution in [2.75, 3.05) is 5.32 Å². The maximum Gasteiger partial charge on any atom is 0.318 e. The summed E-state index contributed by atoms with van der Waals surface area (Å²) in [7, 11) is 0. The molecule has 0 spiro atoms. The van der Waals surface area contributed by atoms with Crippen LogP contribution in [0.5, 0.6) is 11.5 Å². The molecule has 3 aromatic rings. The van der Waals surface area contributed by atoms with Gasteiger partial charge in [-0.2, -0.15) is 0 Å². The second-order valence-electron chi connectivity index (χ2n) is 6.55. The molecule has 0 amide bonds. The van der Waals surface area contributed by atoms with E-state index in [2.05, 4.69) is 11.4 Å². The molecule has 0 radical (unpaired) electrons. The van der Waals surface area contributed by atoms with Crippen molar-refractivity contribution in [2.24, 2.45) is 0 Å². The third-order valence-corrected chi connectivity index (χ3v) is 4.39. The summed E-state index contributed by atoms with van der Waals surface area (Å²) in [6.45, 7) is 4.48. The van der Waals surface area contributed by atoms with E-state index < -0.39 is 15.5 Å². The van der Waals surface area contributed by atoms with Crippen molar-refractivity contribution in [1.82, 2.24) is 0 Å². The van der Waals surface area contributed by atoms with Gasteiger partial charge in [-0.15, -0.1) is 0 Å². The van der Waals surface area contributed by atoms with Crippen LogP contribution in [0.25, 0.3) is 0 Å². The molecule has 0 aliphatic carbocycles. The highest BCUT2D eigenvalue weighted by atomic mass is 16.6. The van der Waals surface area contributed by atoms with Crippen LogP contribution in [0.4, 0.5) is 17.1 Å². The van der Waals surface area contributed by atoms with Crippen molar-refractivity contribution in [1.29, 1.82) is 0 Å². The third kappa shape index (κ3) is 4.67. The lowest BCUT2D eigenvalue weighted by molar-refractivity contribution is -0.394. The second kappa shape index (κ2) is 8.39. The number of benzene rings is 3. The van der Waals surface area contributed by atoms with Crippen LogP contribution in [-0.4, -0.2) is 9.85 Å². The van der Waals surface area contributed by atoms with Gasteiger partial charge in [-0.05, 0) is 37.6 Å². The summed E-state index contributed by atoms with van der Waals surface area (Å²) in [6.07, 6.45) is 0. The van der Waals surface area contributed by atoms with E-state index in [0.717, 1.165) is 22.9 Å². The maximum absolute atomic E-state index is 11.3. The summed E-state index contributed by atoms with van der Waals surface area (Å²) in [5.41, 5.74) is 3.22. The van der Waals surface area contributed by atoms with Crippen molar-refractivity contribution in [3.8, 4) is 11.5 Å². The zero-order valence-electron chi connectivity index (χ0n) is 15.9. The minimum absolute atomic E-state index is 0.0560. The molecule has 0 heterocycles. The second-order valence-corrected chi connectivity index (χ2v) is 6.55. The summed E-state index contributed by atoms with van der Waals surface area (Å²) in [6, 6.07) is 16.5. The van der Waals surface area contributed by atoms with Gasteiger partial charge in [-0.1, -0.05) is 35.9 Å². The zero-order valence-corrected chi connectivity index (χ0v) is 15.9. The van der Waals surface area contributed by atoms with Crippen LogP contribution in [0, 0.1) is 34.1 Å². The fourth-order valence-corrected chi connectivity index (χ4v) is 2.92. The van der Waals surface area contributed by atoms with Crippen LogP contribution < -0.4 is 10.1 Å². The first-order valence-corrected chi connectivity index (χ1v) is 8.85. The molecule has 1 N–H and O–H groups in total. The molecule has 0 saturated heterocycles. The van der Waals surface area contributed by atoms with Gasteiger partial charge in [0, 0.05) is 23.9 Å². The number of hydrogen-bond acceptors (Lipinski definition) is 6. The number of nitro benzene ring substituents is 2. The van der Waals surface area contributed by atoms with Gasteiger partial charge < -0.3 is 10.1 Å². The number of rotatable bonds is 7. The van der Waals surface area contributed by atoms with Crippen molar-refractivity contribution in [3.05, 3.63) is 97.6 Å². The number of hydrogen-bond donors (Lipinski definition) is 1. The van der Waals surface area contributed by atoms with E-state index in [1.54, 1.807) is 12.1 Å². The first-order valence-electron chi connectivity index (χ1n) is 8.85. The number of aryl methyl sites for hydroxylation is 2. The molecular weight excluding hydrogens is 374 g/mol. The molecule has 0 fully saturated rings. The highest BCUT2D eigenvalue weighted by Gasteiger charge is 2.21. The monoisotopic (exact) mass is 393 g/mol. The van der Waals surface area contributed by atoms with Crippen LogP contribution in [0.1, 0.15) is 16.7 Å². The Morgan fingerprint density at radius 1 is 0.897 bits per heavy atom. The lowest BCUT2D eigenvalue weighted by Crippen LogP contribution is -2.03. The predicted octanol–water partition coefficient (Wildman–Crippen LogP) is 5.52. The lowest BCUT2D eigenvalue weighted by Gasteiger charge is -2.14. The molecule has 148 valence electrons. The zero-order chi connectivity index (χ0) is 21.0. The molecule has 0 aliphatic rings. The van der Waals surface area contributed by atoms with E-state index in [0.29, 0.717) is 12.3 Å². The van der Waals surface area contributed by atoms with Gasteiger partial charge >= 0.3 is 5.69 Å². The average Bonchev–Trinajstić information content (AvgIpc) is 2.68. The maximum atomic E-state index is 11.3. The number of para-hydroxylation sites is 1. The number of anilines is 1. The summed E-state index contributed by atoms with van der Waals surface area (Å²) in [5, 5.41) is 25.6. The van der Waals surface area contributed by atoms with Gasteiger partial charge in [-0.3, -0.25) is 20.2 Å². The molecule has 29 heavy (non-hydrogen) atoms. The van der Waals surface area contributed by atoms with Crippen LogP contribution in [0.2, 0.25) is 0 Å². The number of nitrogens with zero attached hydrogens (tertiary/aromatic N) is 2. The Bertz CT molecular complexity index is 1080. The van der Waals surface area contributed by atoms with Crippen LogP contribution in [-0.2, 0) is 6.54 Å². The lowest BCUT2D eigenvalue weighted by atomic mass is 10.1. The summed E-state index contributed by atoms with van der Waals surface area (Å²) in [4.78, 5) is 20.9. The fraction of sp³-hybridized carbons (Fsp3) is 0.143. The molecule has 8 heteroatoms. The highest BCUT2D eigenvalue weighted by molar-refractivity contribution is 5.56. The number of ether oxygens (including phenoxy) is 1. The standard InChI is InChI=1S/C21H19N3O5/c1-14-7-9-18(15(2)11-14)22-13-16-5-3-4-6-20(16)29-21-10-8-17(23(25)26)12-19(21)24(27)28/h3-12,22H,13H2,1-2H3. The molecule has 0 aromatic heterocycles. The average molecular weight is 393 g/mol. The molecule has 0 saturated carbocycles. The fourth-order valence-electron chi connectivity index (χ4n) is 2.92. The Balaban J connectivity index is 1.86. The van der Waals surface area contributed by atoms with Gasteiger partial charge in [0.1, 0.15) is 5.75 Å². The Morgan fingerprint density at radius 3 is 2.34 bits per heavy atom. The Kier molecular flexibility index (Phi) is 5.73. The summed E-state index contributed by atoms with van der Waals surface area (Å²) >= 11 is 0. The largest absolute Gasteiger partial charge is 0.450 e. The van der Waals surface area contributed by atoms with E-state index in [4.69, 9.17) is 4.74 Å². The Hall–Kier alpha value is -3.94. The van der Waals surface area contributed by atoms with E-state index >= 15 is 0 Å². The number of nitro groups is 2. The van der Waals surface area contributed by atoms with E-state index in [-0.39, 0.29) is 11.4 Å². The molecule has 0 unspecified atom stereocenters. The number of non-ortho nitro benzene ring substituents is 1. The SMILES string of the molecule is Cc1ccc(NCc2ccccc2Oc2ccc([N+](=O)[O-])cc2[N+](=O)[O-])c(C)c1. The Morgan fingerprint density at radius 2 is 1.66 bits per heavy atom. The van der Waals surface area contributed by atoms with E-state index in [1.807, 2.05) is 38.1 Å². The molecule has 3 rings (SSSR count). The van der Waals surface area contributed by atoms with Gasteiger partial charge in [0.05, 0.1) is 15.9 Å². The normalized spacial score (nSPS) is 10.4. The Labute approximate surface area is 167 Å².